The lowest BCUT2D eigenvalue weighted by Gasteiger charge is -2.26. The Morgan fingerprint density at radius 2 is 2.00 bits per heavy atom. The lowest BCUT2D eigenvalue weighted by molar-refractivity contribution is 0.220. The number of nitrogens with one attached hydrogen (secondary N) is 1. The highest BCUT2D eigenvalue weighted by atomic mass is 15.2. The Labute approximate surface area is 117 Å². The molecule has 2 heterocycles. The Bertz CT molecular complexity index is 353. The largest absolute Gasteiger partial charge is 0.333 e. The van der Waals surface area contributed by atoms with E-state index in [1.54, 1.807) is 0 Å². The van der Waals surface area contributed by atoms with Gasteiger partial charge in [0.05, 0.1) is 6.54 Å². The monoisotopic (exact) mass is 264 g/mol. The summed E-state index contributed by atoms with van der Waals surface area (Å²) in [5, 5.41) is 3.47. The summed E-state index contributed by atoms with van der Waals surface area (Å²) in [6.45, 7) is 11.2. The highest BCUT2D eigenvalue weighted by Gasteiger charge is 2.10. The van der Waals surface area contributed by atoms with Crippen molar-refractivity contribution in [3.8, 4) is 0 Å². The van der Waals surface area contributed by atoms with E-state index in [4.69, 9.17) is 0 Å². The molecule has 1 N–H and O–H groups in total. The molecule has 1 aliphatic rings. The van der Waals surface area contributed by atoms with Gasteiger partial charge in [0.25, 0.3) is 0 Å². The Kier molecular flexibility index (Phi) is 5.86. The highest BCUT2D eigenvalue weighted by Crippen LogP contribution is 2.08. The summed E-state index contributed by atoms with van der Waals surface area (Å²) in [5.74, 6) is 1.86. The maximum atomic E-state index is 4.46. The Hall–Kier alpha value is -0.870. The molecule has 0 aromatic carbocycles. The van der Waals surface area contributed by atoms with Gasteiger partial charge in [0.2, 0.25) is 0 Å². The van der Waals surface area contributed by atoms with Crippen molar-refractivity contribution in [1.82, 2.24) is 19.8 Å². The number of hydrogen-bond donors (Lipinski definition) is 1. The van der Waals surface area contributed by atoms with Crippen LogP contribution in [0.25, 0.3) is 0 Å². The van der Waals surface area contributed by atoms with Crippen molar-refractivity contribution >= 4 is 0 Å². The lowest BCUT2D eigenvalue weighted by Crippen LogP contribution is -2.33. The Balaban J connectivity index is 1.75. The summed E-state index contributed by atoms with van der Waals surface area (Å²) in [6, 6.07) is 0. The predicted molar refractivity (Wildman–Crippen MR) is 79.1 cm³/mol. The third-order valence-electron chi connectivity index (χ3n) is 3.74. The average Bonchev–Trinajstić information content (AvgIpc) is 2.85. The van der Waals surface area contributed by atoms with Gasteiger partial charge < -0.3 is 14.8 Å². The van der Waals surface area contributed by atoms with Gasteiger partial charge in [0, 0.05) is 25.5 Å². The molecule has 0 bridgehead atoms. The van der Waals surface area contributed by atoms with Crippen LogP contribution in [0.4, 0.5) is 0 Å². The van der Waals surface area contributed by atoms with E-state index in [9.17, 15) is 0 Å². The second-order valence-electron chi connectivity index (χ2n) is 5.96. The predicted octanol–water partition coefficient (Wildman–Crippen LogP) is 2.11. The minimum Gasteiger partial charge on any atom is -0.333 e. The second kappa shape index (κ2) is 7.65. The maximum Gasteiger partial charge on any atom is 0.122 e. The van der Waals surface area contributed by atoms with Gasteiger partial charge in [-0.15, -0.1) is 0 Å². The van der Waals surface area contributed by atoms with Gasteiger partial charge in [-0.1, -0.05) is 20.3 Å². The molecule has 19 heavy (non-hydrogen) atoms. The normalized spacial score (nSPS) is 17.2. The van der Waals surface area contributed by atoms with Crippen LogP contribution in [0.15, 0.2) is 12.4 Å². The first-order chi connectivity index (χ1) is 9.25. The van der Waals surface area contributed by atoms with Crippen molar-refractivity contribution in [3.63, 3.8) is 0 Å². The molecule has 1 saturated heterocycles. The van der Waals surface area contributed by atoms with E-state index in [1.807, 2.05) is 6.20 Å². The zero-order valence-electron chi connectivity index (χ0n) is 12.4. The van der Waals surface area contributed by atoms with Crippen molar-refractivity contribution < 1.29 is 0 Å². The van der Waals surface area contributed by atoms with Crippen LogP contribution in [0.3, 0.4) is 0 Å². The van der Waals surface area contributed by atoms with Crippen molar-refractivity contribution in [3.05, 3.63) is 18.2 Å². The summed E-state index contributed by atoms with van der Waals surface area (Å²) in [4.78, 5) is 7.04. The lowest BCUT2D eigenvalue weighted by atomic mass is 10.1. The molecule has 4 nitrogen and oxygen atoms in total. The van der Waals surface area contributed by atoms with Crippen molar-refractivity contribution in [2.45, 2.75) is 46.2 Å². The first kappa shape index (κ1) is 14.5. The van der Waals surface area contributed by atoms with Gasteiger partial charge in [-0.3, -0.25) is 0 Å². The molecular formula is C15H28N4. The molecule has 1 aromatic rings. The van der Waals surface area contributed by atoms with E-state index in [2.05, 4.69) is 39.8 Å². The van der Waals surface area contributed by atoms with Crippen LogP contribution >= 0.6 is 0 Å². The molecule has 0 unspecified atom stereocenters. The molecule has 1 fully saturated rings. The van der Waals surface area contributed by atoms with Crippen LogP contribution in [0.1, 0.15) is 38.9 Å². The molecular weight excluding hydrogens is 236 g/mol. The first-order valence-corrected chi connectivity index (χ1v) is 7.69. The minimum absolute atomic E-state index is 0.691. The zero-order valence-corrected chi connectivity index (χ0v) is 12.4. The number of likely N-dealkylation sites (tertiary alicyclic amines) is 1. The Morgan fingerprint density at radius 3 is 2.74 bits per heavy atom. The summed E-state index contributed by atoms with van der Waals surface area (Å²) in [6.07, 6.45) is 8.17. The highest BCUT2D eigenvalue weighted by molar-refractivity contribution is 4.92. The molecule has 0 amide bonds. The summed E-state index contributed by atoms with van der Waals surface area (Å²) < 4.78 is 2.29. The molecule has 0 saturated carbocycles. The van der Waals surface area contributed by atoms with Crippen LogP contribution in [-0.4, -0.2) is 40.6 Å². The fourth-order valence-corrected chi connectivity index (χ4v) is 2.62. The van der Waals surface area contributed by atoms with E-state index in [-0.39, 0.29) is 0 Å². The third-order valence-corrected chi connectivity index (χ3v) is 3.74. The van der Waals surface area contributed by atoms with Crippen LogP contribution in [-0.2, 0) is 13.1 Å². The van der Waals surface area contributed by atoms with Gasteiger partial charge in [-0.05, 0) is 38.4 Å². The molecule has 0 radical (unpaired) electrons. The number of imidazole rings is 1. The first-order valence-electron chi connectivity index (χ1n) is 7.69. The van der Waals surface area contributed by atoms with Crippen LogP contribution in [0.5, 0.6) is 0 Å². The molecule has 0 aliphatic carbocycles. The van der Waals surface area contributed by atoms with Crippen LogP contribution in [0.2, 0.25) is 0 Å². The van der Waals surface area contributed by atoms with Gasteiger partial charge in [-0.25, -0.2) is 4.98 Å². The van der Waals surface area contributed by atoms with Crippen LogP contribution in [0, 0.1) is 5.92 Å². The van der Waals surface area contributed by atoms with Gasteiger partial charge in [0.15, 0.2) is 0 Å². The van der Waals surface area contributed by atoms with E-state index >= 15 is 0 Å². The van der Waals surface area contributed by atoms with Gasteiger partial charge in [-0.2, -0.15) is 0 Å². The van der Waals surface area contributed by atoms with Crippen LogP contribution < -0.4 is 5.32 Å². The fraction of sp³-hybridized carbons (Fsp3) is 0.800. The molecule has 0 spiro atoms. The van der Waals surface area contributed by atoms with E-state index < -0.39 is 0 Å². The smallest absolute Gasteiger partial charge is 0.122 e. The average molecular weight is 264 g/mol. The molecule has 2 rings (SSSR count). The molecule has 4 heteroatoms. The molecule has 108 valence electrons. The van der Waals surface area contributed by atoms with E-state index in [0.717, 1.165) is 32.0 Å². The number of aromatic nitrogens is 2. The number of piperidine rings is 1. The van der Waals surface area contributed by atoms with Crippen molar-refractivity contribution in [2.75, 3.05) is 26.2 Å². The van der Waals surface area contributed by atoms with Crippen molar-refractivity contribution in [1.29, 1.82) is 0 Å². The number of nitrogens with zero attached hydrogens (tertiary/aromatic N) is 3. The zero-order chi connectivity index (χ0) is 13.5. The second-order valence-corrected chi connectivity index (χ2v) is 5.96. The minimum atomic E-state index is 0.691. The summed E-state index contributed by atoms with van der Waals surface area (Å²) in [5.41, 5.74) is 0. The quantitative estimate of drug-likeness (QED) is 0.819. The SMILES string of the molecule is CC(C)CNCc1nccn1CCN1CCCCC1. The van der Waals surface area contributed by atoms with E-state index in [0.29, 0.717) is 5.92 Å². The summed E-state index contributed by atoms with van der Waals surface area (Å²) in [7, 11) is 0. The maximum absolute atomic E-state index is 4.46. The van der Waals surface area contributed by atoms with Gasteiger partial charge >= 0.3 is 0 Å². The van der Waals surface area contributed by atoms with Gasteiger partial charge in [0.1, 0.15) is 5.82 Å². The number of rotatable bonds is 7. The topological polar surface area (TPSA) is 33.1 Å². The number of hydrogen-bond acceptors (Lipinski definition) is 3. The molecule has 1 aliphatic heterocycles. The van der Waals surface area contributed by atoms with E-state index in [1.165, 1.54) is 32.4 Å². The summed E-state index contributed by atoms with van der Waals surface area (Å²) >= 11 is 0. The standard InChI is InChI=1S/C15H28N4/c1-14(2)12-16-13-15-17-6-9-19(15)11-10-18-7-4-3-5-8-18/h6,9,14,16H,3-5,7-8,10-13H2,1-2H3. The third kappa shape index (κ3) is 4.96. The Morgan fingerprint density at radius 1 is 1.21 bits per heavy atom. The molecule has 1 aromatic heterocycles. The van der Waals surface area contributed by atoms with Crippen molar-refractivity contribution in [2.24, 2.45) is 5.92 Å². The fourth-order valence-electron chi connectivity index (χ4n) is 2.62. The molecule has 0 atom stereocenters.